The monoisotopic (exact) mass is 296 g/mol. The molecule has 1 atom stereocenters. The van der Waals surface area contributed by atoms with Gasteiger partial charge >= 0.3 is 0 Å². The summed E-state index contributed by atoms with van der Waals surface area (Å²) in [7, 11) is -0.936. The van der Waals surface area contributed by atoms with E-state index in [0.717, 1.165) is 25.2 Å². The molecule has 1 unspecified atom stereocenters. The Morgan fingerprint density at radius 2 is 1.90 bits per heavy atom. The van der Waals surface area contributed by atoms with E-state index in [-0.39, 0.29) is 5.75 Å². The van der Waals surface area contributed by atoms with E-state index in [1.165, 1.54) is 12.8 Å². The van der Waals surface area contributed by atoms with Crippen molar-refractivity contribution in [1.29, 1.82) is 0 Å². The van der Waals surface area contributed by atoms with Crippen LogP contribution in [-0.4, -0.2) is 45.2 Å². The molecule has 1 aromatic rings. The van der Waals surface area contributed by atoms with Gasteiger partial charge in [-0.3, -0.25) is 0 Å². The highest BCUT2D eigenvalue weighted by molar-refractivity contribution is 7.91. The normalized spacial score (nSPS) is 21.4. The van der Waals surface area contributed by atoms with E-state index in [0.29, 0.717) is 10.9 Å². The molecule has 0 spiro atoms. The summed E-state index contributed by atoms with van der Waals surface area (Å²) in [6, 6.07) is 7.62. The average Bonchev–Trinajstić information content (AvgIpc) is 2.64. The lowest BCUT2D eigenvalue weighted by Gasteiger charge is -2.18. The fraction of sp³-hybridized carbons (Fsp3) is 0.600. The van der Waals surface area contributed by atoms with Gasteiger partial charge in [-0.1, -0.05) is 6.92 Å². The highest BCUT2D eigenvalue weighted by atomic mass is 32.2. The van der Waals surface area contributed by atoms with Crippen LogP contribution in [0.25, 0.3) is 0 Å². The lowest BCUT2D eigenvalue weighted by Crippen LogP contribution is -2.22. The van der Waals surface area contributed by atoms with Gasteiger partial charge in [-0.05, 0) is 63.7 Å². The smallest absolute Gasteiger partial charge is 0.178 e. The molecule has 1 aromatic carbocycles. The van der Waals surface area contributed by atoms with Crippen LogP contribution >= 0.6 is 0 Å². The number of hydrogen-bond donors (Lipinski definition) is 1. The molecule has 4 nitrogen and oxygen atoms in total. The molecule has 1 N–H and O–H groups in total. The minimum Gasteiger partial charge on any atom is -0.382 e. The van der Waals surface area contributed by atoms with Crippen LogP contribution in [-0.2, 0) is 9.84 Å². The second kappa shape index (κ2) is 6.59. The minimum absolute atomic E-state index is 0.148. The van der Waals surface area contributed by atoms with Crippen LogP contribution in [0.5, 0.6) is 0 Å². The number of sulfone groups is 1. The average molecular weight is 296 g/mol. The molecule has 0 saturated carbocycles. The van der Waals surface area contributed by atoms with Crippen molar-refractivity contribution in [2.75, 3.05) is 31.2 Å². The quantitative estimate of drug-likeness (QED) is 0.927. The Kier molecular flexibility index (Phi) is 5.05. The lowest BCUT2D eigenvalue weighted by molar-refractivity contribution is 0.348. The van der Waals surface area contributed by atoms with E-state index < -0.39 is 9.84 Å². The first-order valence-corrected chi connectivity index (χ1v) is 8.94. The van der Waals surface area contributed by atoms with Crippen molar-refractivity contribution in [3.05, 3.63) is 24.3 Å². The second-order valence-corrected chi connectivity index (χ2v) is 7.78. The zero-order chi connectivity index (χ0) is 14.6. The Labute approximate surface area is 122 Å². The molecule has 0 bridgehead atoms. The van der Waals surface area contributed by atoms with Gasteiger partial charge in [0.1, 0.15) is 0 Å². The van der Waals surface area contributed by atoms with Crippen molar-refractivity contribution in [3.8, 4) is 0 Å². The summed E-state index contributed by atoms with van der Waals surface area (Å²) in [5, 5.41) is 3.52. The first-order chi connectivity index (χ1) is 9.51. The highest BCUT2D eigenvalue weighted by Gasteiger charge is 2.15. The molecule has 1 heterocycles. The summed E-state index contributed by atoms with van der Waals surface area (Å²) >= 11 is 0. The largest absolute Gasteiger partial charge is 0.382 e. The summed E-state index contributed by atoms with van der Waals surface area (Å²) in [4.78, 5) is 2.77. The van der Waals surface area contributed by atoms with Crippen LogP contribution in [0.2, 0.25) is 0 Å². The Morgan fingerprint density at radius 3 is 2.55 bits per heavy atom. The molecule has 0 radical (unpaired) electrons. The summed E-state index contributed by atoms with van der Waals surface area (Å²) in [5.41, 5.74) is 1.01. The maximum atomic E-state index is 11.8. The molecule has 1 saturated heterocycles. The third-order valence-electron chi connectivity index (χ3n) is 3.92. The number of hydrogen-bond acceptors (Lipinski definition) is 4. The molecule has 1 fully saturated rings. The molecule has 112 valence electrons. The van der Waals surface area contributed by atoms with Gasteiger partial charge in [0, 0.05) is 11.7 Å². The highest BCUT2D eigenvalue weighted by Crippen LogP contribution is 2.19. The van der Waals surface area contributed by atoms with Gasteiger partial charge in [0.05, 0.1) is 10.6 Å². The zero-order valence-corrected chi connectivity index (χ0v) is 13.1. The number of rotatable bonds is 4. The molecule has 5 heteroatoms. The van der Waals surface area contributed by atoms with Crippen molar-refractivity contribution in [3.63, 3.8) is 0 Å². The van der Waals surface area contributed by atoms with Crippen LogP contribution in [0.15, 0.2) is 29.2 Å². The van der Waals surface area contributed by atoms with Gasteiger partial charge in [-0.2, -0.15) is 0 Å². The van der Waals surface area contributed by atoms with Crippen molar-refractivity contribution in [1.82, 2.24) is 4.90 Å². The Hall–Kier alpha value is -1.07. The van der Waals surface area contributed by atoms with Crippen molar-refractivity contribution < 1.29 is 8.42 Å². The summed E-state index contributed by atoms with van der Waals surface area (Å²) in [6.45, 7) is 3.94. The van der Waals surface area contributed by atoms with Crippen molar-refractivity contribution >= 4 is 15.5 Å². The van der Waals surface area contributed by atoms with E-state index in [9.17, 15) is 8.42 Å². The Balaban J connectivity index is 2.00. The molecule has 1 aliphatic rings. The molecular weight excluding hydrogens is 272 g/mol. The van der Waals surface area contributed by atoms with Crippen LogP contribution in [0.3, 0.4) is 0 Å². The van der Waals surface area contributed by atoms with Crippen LogP contribution in [0.4, 0.5) is 5.69 Å². The van der Waals surface area contributed by atoms with Gasteiger partial charge < -0.3 is 10.2 Å². The van der Waals surface area contributed by atoms with Crippen LogP contribution < -0.4 is 5.32 Å². The molecule has 2 rings (SSSR count). The summed E-state index contributed by atoms with van der Waals surface area (Å²) < 4.78 is 23.5. The van der Waals surface area contributed by atoms with Gasteiger partial charge in [0.25, 0.3) is 0 Å². The zero-order valence-electron chi connectivity index (χ0n) is 12.3. The van der Waals surface area contributed by atoms with Crippen molar-refractivity contribution in [2.24, 2.45) is 0 Å². The van der Waals surface area contributed by atoms with E-state index in [1.54, 1.807) is 19.1 Å². The maximum absolute atomic E-state index is 11.8. The van der Waals surface area contributed by atoms with Gasteiger partial charge in [0.15, 0.2) is 9.84 Å². The molecule has 20 heavy (non-hydrogen) atoms. The number of benzene rings is 1. The fourth-order valence-corrected chi connectivity index (χ4v) is 3.43. The predicted octanol–water partition coefficient (Wildman–Crippen LogP) is 2.38. The third kappa shape index (κ3) is 3.96. The number of nitrogens with one attached hydrogen (secondary N) is 1. The predicted molar refractivity (Wildman–Crippen MR) is 82.9 cm³/mol. The second-order valence-electron chi connectivity index (χ2n) is 5.50. The molecular formula is C15H24N2O2S. The maximum Gasteiger partial charge on any atom is 0.178 e. The topological polar surface area (TPSA) is 49.4 Å². The van der Waals surface area contributed by atoms with Crippen molar-refractivity contribution in [2.45, 2.75) is 37.1 Å². The fourth-order valence-electron chi connectivity index (χ4n) is 2.55. The molecule has 0 aliphatic carbocycles. The summed E-state index contributed by atoms with van der Waals surface area (Å²) in [5.74, 6) is 0.148. The van der Waals surface area contributed by atoms with E-state index in [1.807, 2.05) is 12.1 Å². The van der Waals surface area contributed by atoms with Crippen LogP contribution in [0, 0.1) is 0 Å². The third-order valence-corrected chi connectivity index (χ3v) is 5.67. The SMILES string of the molecule is CCS(=O)(=O)c1ccc(NC2CCCN(C)CC2)cc1. The standard InChI is InChI=1S/C15H24N2O2S/c1-3-20(18,19)15-8-6-14(7-9-15)16-13-5-4-11-17(2)12-10-13/h6-9,13,16H,3-5,10-12H2,1-2H3. The van der Waals surface area contributed by atoms with Gasteiger partial charge in [-0.15, -0.1) is 0 Å². The van der Waals surface area contributed by atoms with Gasteiger partial charge in [0.2, 0.25) is 0 Å². The number of nitrogens with zero attached hydrogens (tertiary/aromatic N) is 1. The lowest BCUT2D eigenvalue weighted by atomic mass is 10.1. The number of anilines is 1. The van der Waals surface area contributed by atoms with E-state index in [4.69, 9.17) is 0 Å². The summed E-state index contributed by atoms with van der Waals surface area (Å²) in [6.07, 6.45) is 3.50. The van der Waals surface area contributed by atoms with E-state index in [2.05, 4.69) is 17.3 Å². The van der Waals surface area contributed by atoms with Gasteiger partial charge in [-0.25, -0.2) is 8.42 Å². The first-order valence-electron chi connectivity index (χ1n) is 7.29. The number of likely N-dealkylation sites (tertiary alicyclic amines) is 1. The first kappa shape index (κ1) is 15.3. The minimum atomic E-state index is -3.10. The van der Waals surface area contributed by atoms with Crippen LogP contribution in [0.1, 0.15) is 26.2 Å². The molecule has 0 aromatic heterocycles. The Bertz CT molecular complexity index is 525. The Morgan fingerprint density at radius 1 is 1.20 bits per heavy atom. The molecule has 1 aliphatic heterocycles. The van der Waals surface area contributed by atoms with E-state index >= 15 is 0 Å². The molecule has 0 amide bonds.